The quantitative estimate of drug-likeness (QED) is 0.902. The van der Waals surface area contributed by atoms with Crippen LogP contribution in [-0.4, -0.2) is 29.2 Å². The minimum absolute atomic E-state index is 0.284. The lowest BCUT2D eigenvalue weighted by molar-refractivity contribution is 0.383. The van der Waals surface area contributed by atoms with Crippen molar-refractivity contribution in [2.75, 3.05) is 13.7 Å². The Hall–Kier alpha value is -0.870. The SMILES string of the molecule is CCNC1CCCC(S(=O)c2ccc(OC)cc2)C1. The molecule has 1 aliphatic rings. The van der Waals surface area contributed by atoms with Crippen LogP contribution in [0.25, 0.3) is 0 Å². The lowest BCUT2D eigenvalue weighted by atomic mass is 9.95. The van der Waals surface area contributed by atoms with Crippen molar-refractivity contribution in [3.05, 3.63) is 24.3 Å². The molecular formula is C15H23NO2S. The third-order valence-corrected chi connectivity index (χ3v) is 5.48. The smallest absolute Gasteiger partial charge is 0.118 e. The molecule has 1 saturated carbocycles. The summed E-state index contributed by atoms with van der Waals surface area (Å²) in [5.41, 5.74) is 0. The van der Waals surface area contributed by atoms with Crippen LogP contribution in [0.3, 0.4) is 0 Å². The second-order valence-electron chi connectivity index (χ2n) is 5.02. The van der Waals surface area contributed by atoms with Crippen molar-refractivity contribution in [1.82, 2.24) is 5.32 Å². The highest BCUT2D eigenvalue weighted by molar-refractivity contribution is 7.85. The highest BCUT2D eigenvalue weighted by atomic mass is 32.2. The molecule has 0 heterocycles. The standard InChI is InChI=1S/C15H23NO2S/c1-3-16-12-5-4-6-15(11-12)19(17)14-9-7-13(18-2)8-10-14/h7-10,12,15-16H,3-6,11H2,1-2H3. The van der Waals surface area contributed by atoms with Crippen LogP contribution >= 0.6 is 0 Å². The summed E-state index contributed by atoms with van der Waals surface area (Å²) in [5.74, 6) is 0.815. The number of hydrogen-bond acceptors (Lipinski definition) is 3. The Morgan fingerprint density at radius 3 is 2.68 bits per heavy atom. The van der Waals surface area contributed by atoms with Gasteiger partial charge in [0.05, 0.1) is 17.9 Å². The van der Waals surface area contributed by atoms with E-state index in [1.165, 1.54) is 12.8 Å². The first-order valence-corrected chi connectivity index (χ1v) is 8.24. The number of nitrogens with one attached hydrogen (secondary N) is 1. The lowest BCUT2D eigenvalue weighted by Crippen LogP contribution is -2.37. The largest absolute Gasteiger partial charge is 0.497 e. The van der Waals surface area contributed by atoms with E-state index in [9.17, 15) is 4.21 Å². The van der Waals surface area contributed by atoms with Crippen LogP contribution in [-0.2, 0) is 10.8 Å². The molecule has 0 aliphatic heterocycles. The van der Waals surface area contributed by atoms with Crippen LogP contribution in [0, 0.1) is 0 Å². The van der Waals surface area contributed by atoms with E-state index in [0.29, 0.717) is 6.04 Å². The van der Waals surface area contributed by atoms with Gasteiger partial charge >= 0.3 is 0 Å². The Kier molecular flexibility index (Phi) is 5.40. The zero-order valence-electron chi connectivity index (χ0n) is 11.7. The van der Waals surface area contributed by atoms with Crippen molar-refractivity contribution in [1.29, 1.82) is 0 Å². The van der Waals surface area contributed by atoms with Crippen molar-refractivity contribution < 1.29 is 8.95 Å². The number of ether oxygens (including phenoxy) is 1. The first kappa shape index (κ1) is 14.5. The molecule has 3 nitrogen and oxygen atoms in total. The fourth-order valence-corrected chi connectivity index (χ4v) is 4.29. The normalized spacial score (nSPS) is 24.9. The molecule has 0 amide bonds. The fourth-order valence-electron chi connectivity index (χ4n) is 2.72. The van der Waals surface area contributed by atoms with Crippen LogP contribution in [0.5, 0.6) is 5.75 Å². The maximum atomic E-state index is 12.6. The summed E-state index contributed by atoms with van der Waals surface area (Å²) >= 11 is 0. The predicted molar refractivity (Wildman–Crippen MR) is 79.1 cm³/mol. The summed E-state index contributed by atoms with van der Waals surface area (Å²) in [7, 11) is 0.747. The van der Waals surface area contributed by atoms with Gasteiger partial charge in [-0.3, -0.25) is 4.21 Å². The summed E-state index contributed by atoms with van der Waals surface area (Å²) in [5, 5.41) is 3.77. The maximum Gasteiger partial charge on any atom is 0.118 e. The van der Waals surface area contributed by atoms with Gasteiger partial charge in [-0.25, -0.2) is 0 Å². The molecule has 1 aliphatic carbocycles. The molecule has 3 unspecified atom stereocenters. The minimum Gasteiger partial charge on any atom is -0.497 e. The second kappa shape index (κ2) is 7.06. The highest BCUT2D eigenvalue weighted by Gasteiger charge is 2.26. The van der Waals surface area contributed by atoms with E-state index < -0.39 is 10.8 Å². The lowest BCUT2D eigenvalue weighted by Gasteiger charge is -2.29. The molecule has 1 N–H and O–H groups in total. The molecule has 106 valence electrons. The van der Waals surface area contributed by atoms with Gasteiger partial charge in [0.2, 0.25) is 0 Å². The summed E-state index contributed by atoms with van der Waals surface area (Å²) in [6.07, 6.45) is 4.47. The number of benzene rings is 1. The molecule has 0 spiro atoms. The van der Waals surface area contributed by atoms with Gasteiger partial charge in [0.15, 0.2) is 0 Å². The van der Waals surface area contributed by atoms with E-state index in [1.807, 2.05) is 24.3 Å². The van der Waals surface area contributed by atoms with Gasteiger partial charge < -0.3 is 10.1 Å². The van der Waals surface area contributed by atoms with E-state index in [1.54, 1.807) is 7.11 Å². The average Bonchev–Trinajstić information content (AvgIpc) is 2.47. The number of rotatable bonds is 5. The van der Waals surface area contributed by atoms with Crippen LogP contribution in [0.15, 0.2) is 29.2 Å². The van der Waals surface area contributed by atoms with E-state index in [-0.39, 0.29) is 5.25 Å². The summed E-state index contributed by atoms with van der Waals surface area (Å²) in [6, 6.07) is 8.15. The molecule has 3 atom stereocenters. The topological polar surface area (TPSA) is 38.3 Å². The van der Waals surface area contributed by atoms with Crippen molar-refractivity contribution in [3.8, 4) is 5.75 Å². The predicted octanol–water partition coefficient (Wildman–Crippen LogP) is 2.72. The third-order valence-electron chi connectivity index (χ3n) is 3.71. The third kappa shape index (κ3) is 3.80. The van der Waals surface area contributed by atoms with Crippen LogP contribution in [0.4, 0.5) is 0 Å². The van der Waals surface area contributed by atoms with E-state index in [2.05, 4.69) is 12.2 Å². The average molecular weight is 281 g/mol. The zero-order valence-corrected chi connectivity index (χ0v) is 12.5. The molecule has 4 heteroatoms. The molecule has 0 bridgehead atoms. The second-order valence-corrected chi connectivity index (χ2v) is 6.75. The molecule has 1 fully saturated rings. The highest BCUT2D eigenvalue weighted by Crippen LogP contribution is 2.27. The van der Waals surface area contributed by atoms with Gasteiger partial charge in [-0.2, -0.15) is 0 Å². The summed E-state index contributed by atoms with van der Waals surface area (Å²) < 4.78 is 17.7. The van der Waals surface area contributed by atoms with Gasteiger partial charge in [0, 0.05) is 16.2 Å². The van der Waals surface area contributed by atoms with E-state index in [4.69, 9.17) is 4.74 Å². The molecule has 1 aromatic rings. The van der Waals surface area contributed by atoms with Crippen molar-refractivity contribution in [2.45, 2.75) is 48.8 Å². The van der Waals surface area contributed by atoms with Crippen LogP contribution in [0.2, 0.25) is 0 Å². The molecule has 19 heavy (non-hydrogen) atoms. The van der Waals surface area contributed by atoms with Crippen molar-refractivity contribution in [3.63, 3.8) is 0 Å². The molecule has 0 saturated heterocycles. The number of hydrogen-bond donors (Lipinski definition) is 1. The van der Waals surface area contributed by atoms with Gasteiger partial charge in [-0.1, -0.05) is 13.3 Å². The molecular weight excluding hydrogens is 258 g/mol. The van der Waals surface area contributed by atoms with Gasteiger partial charge in [-0.15, -0.1) is 0 Å². The molecule has 1 aromatic carbocycles. The van der Waals surface area contributed by atoms with Crippen molar-refractivity contribution in [2.24, 2.45) is 0 Å². The Balaban J connectivity index is 2.01. The Morgan fingerprint density at radius 2 is 2.05 bits per heavy atom. The summed E-state index contributed by atoms with van der Waals surface area (Å²) in [4.78, 5) is 0.919. The van der Waals surface area contributed by atoms with Crippen LogP contribution in [0.1, 0.15) is 32.6 Å². The summed E-state index contributed by atoms with van der Waals surface area (Å²) in [6.45, 7) is 3.12. The van der Waals surface area contributed by atoms with E-state index >= 15 is 0 Å². The molecule has 0 aromatic heterocycles. The first-order chi connectivity index (χ1) is 9.24. The monoisotopic (exact) mass is 281 g/mol. The first-order valence-electron chi connectivity index (χ1n) is 7.02. The van der Waals surface area contributed by atoms with Gasteiger partial charge in [-0.05, 0) is 50.1 Å². The van der Waals surface area contributed by atoms with E-state index in [0.717, 1.165) is 30.0 Å². The minimum atomic E-state index is -0.900. The Labute approximate surface area is 118 Å². The molecule has 2 rings (SSSR count). The Bertz CT molecular complexity index is 417. The van der Waals surface area contributed by atoms with Crippen LogP contribution < -0.4 is 10.1 Å². The molecule has 0 radical (unpaired) electrons. The van der Waals surface area contributed by atoms with Crippen molar-refractivity contribution >= 4 is 10.8 Å². The maximum absolute atomic E-state index is 12.6. The number of methoxy groups -OCH3 is 1. The van der Waals surface area contributed by atoms with Gasteiger partial charge in [0.25, 0.3) is 0 Å². The fraction of sp³-hybridized carbons (Fsp3) is 0.600. The zero-order chi connectivity index (χ0) is 13.7. The van der Waals surface area contributed by atoms with Gasteiger partial charge in [0.1, 0.15) is 5.75 Å². The Morgan fingerprint density at radius 1 is 1.32 bits per heavy atom.